The third kappa shape index (κ3) is 3.82. The van der Waals surface area contributed by atoms with Crippen molar-refractivity contribution in [1.82, 2.24) is 9.80 Å². The van der Waals surface area contributed by atoms with Crippen molar-refractivity contribution < 1.29 is 4.79 Å². The van der Waals surface area contributed by atoms with Crippen LogP contribution in [-0.4, -0.2) is 49.4 Å². The molecule has 0 bridgehead atoms. The van der Waals surface area contributed by atoms with Crippen molar-refractivity contribution in [3.05, 3.63) is 0 Å². The highest BCUT2D eigenvalue weighted by molar-refractivity contribution is 5.77. The second-order valence-corrected chi connectivity index (χ2v) is 5.12. The fourth-order valence-electron chi connectivity index (χ4n) is 2.17. The molecule has 88 valence electrons. The Labute approximate surface area is 93.4 Å². The molecule has 1 rings (SSSR count). The zero-order valence-electron chi connectivity index (χ0n) is 10.5. The summed E-state index contributed by atoms with van der Waals surface area (Å²) in [6.07, 6.45) is 5.12. The van der Waals surface area contributed by atoms with Crippen molar-refractivity contribution in [3.8, 4) is 0 Å². The van der Waals surface area contributed by atoms with Gasteiger partial charge in [0, 0.05) is 20.1 Å². The van der Waals surface area contributed by atoms with E-state index in [0.29, 0.717) is 12.6 Å². The number of nitrogens with zero attached hydrogens (tertiary/aromatic N) is 2. The van der Waals surface area contributed by atoms with Gasteiger partial charge in [-0.25, -0.2) is 0 Å². The van der Waals surface area contributed by atoms with Gasteiger partial charge in [0.05, 0.1) is 6.54 Å². The van der Waals surface area contributed by atoms with Crippen LogP contribution in [0, 0.1) is 5.92 Å². The Morgan fingerprint density at radius 2 is 1.67 bits per heavy atom. The molecule has 0 radical (unpaired) electrons. The summed E-state index contributed by atoms with van der Waals surface area (Å²) < 4.78 is 0. The van der Waals surface area contributed by atoms with Crippen molar-refractivity contribution in [2.45, 2.75) is 38.6 Å². The Bertz CT molecular complexity index is 208. The van der Waals surface area contributed by atoms with Crippen LogP contribution >= 0.6 is 0 Å². The van der Waals surface area contributed by atoms with Crippen molar-refractivity contribution in [2.75, 3.05) is 27.7 Å². The number of rotatable bonds is 3. The van der Waals surface area contributed by atoms with E-state index in [1.165, 1.54) is 25.7 Å². The van der Waals surface area contributed by atoms with Gasteiger partial charge in [-0.3, -0.25) is 9.69 Å². The van der Waals surface area contributed by atoms with E-state index in [0.717, 1.165) is 5.92 Å². The fourth-order valence-corrected chi connectivity index (χ4v) is 2.17. The van der Waals surface area contributed by atoms with E-state index in [-0.39, 0.29) is 5.91 Å². The molecule has 1 amide bonds. The zero-order valence-corrected chi connectivity index (χ0v) is 10.5. The van der Waals surface area contributed by atoms with Gasteiger partial charge in [-0.05, 0) is 38.6 Å². The Hall–Kier alpha value is -0.570. The van der Waals surface area contributed by atoms with Crippen molar-refractivity contribution in [3.63, 3.8) is 0 Å². The molecular weight excluding hydrogens is 188 g/mol. The summed E-state index contributed by atoms with van der Waals surface area (Å²) in [6.45, 7) is 2.88. The van der Waals surface area contributed by atoms with E-state index in [2.05, 4.69) is 18.9 Å². The average Bonchev–Trinajstić information content (AvgIpc) is 2.18. The molecule has 0 saturated heterocycles. The van der Waals surface area contributed by atoms with Crippen LogP contribution in [0.1, 0.15) is 32.6 Å². The highest BCUT2D eigenvalue weighted by atomic mass is 16.2. The summed E-state index contributed by atoms with van der Waals surface area (Å²) in [5.74, 6) is 1.08. The number of likely N-dealkylation sites (N-methyl/N-ethyl adjacent to an activating group) is 2. The largest absolute Gasteiger partial charge is 0.348 e. The summed E-state index contributed by atoms with van der Waals surface area (Å²) >= 11 is 0. The molecule has 1 aliphatic rings. The molecular formula is C12H24N2O. The first kappa shape index (κ1) is 12.5. The molecule has 3 nitrogen and oxygen atoms in total. The molecule has 0 aromatic carbocycles. The molecule has 0 spiro atoms. The normalized spacial score (nSPS) is 26.7. The lowest BCUT2D eigenvalue weighted by atomic mass is 9.87. The first-order valence-corrected chi connectivity index (χ1v) is 5.91. The van der Waals surface area contributed by atoms with E-state index in [1.54, 1.807) is 4.90 Å². The monoisotopic (exact) mass is 212 g/mol. The minimum absolute atomic E-state index is 0.205. The Balaban J connectivity index is 2.34. The van der Waals surface area contributed by atoms with Gasteiger partial charge in [-0.15, -0.1) is 0 Å². The van der Waals surface area contributed by atoms with Crippen molar-refractivity contribution in [2.24, 2.45) is 5.92 Å². The average molecular weight is 212 g/mol. The fraction of sp³-hybridized carbons (Fsp3) is 0.917. The minimum Gasteiger partial charge on any atom is -0.348 e. The molecule has 0 unspecified atom stereocenters. The number of hydrogen-bond donors (Lipinski definition) is 0. The number of carbonyl (C=O) groups excluding carboxylic acids is 1. The zero-order chi connectivity index (χ0) is 11.4. The number of hydrogen-bond acceptors (Lipinski definition) is 2. The van der Waals surface area contributed by atoms with E-state index in [1.807, 2.05) is 14.1 Å². The Morgan fingerprint density at radius 1 is 1.13 bits per heavy atom. The predicted molar refractivity (Wildman–Crippen MR) is 62.7 cm³/mol. The van der Waals surface area contributed by atoms with Gasteiger partial charge in [-0.1, -0.05) is 6.92 Å². The highest BCUT2D eigenvalue weighted by Gasteiger charge is 2.23. The van der Waals surface area contributed by atoms with Crippen molar-refractivity contribution >= 4 is 5.91 Å². The topological polar surface area (TPSA) is 23.6 Å². The molecule has 0 heterocycles. The first-order valence-electron chi connectivity index (χ1n) is 5.91. The summed E-state index contributed by atoms with van der Waals surface area (Å²) in [5.41, 5.74) is 0. The predicted octanol–water partition coefficient (Wildman–Crippen LogP) is 1.59. The number of amides is 1. The van der Waals surface area contributed by atoms with Crippen LogP contribution in [0.25, 0.3) is 0 Å². The van der Waals surface area contributed by atoms with Crippen LogP contribution < -0.4 is 0 Å². The summed E-state index contributed by atoms with van der Waals surface area (Å²) in [4.78, 5) is 15.4. The van der Waals surface area contributed by atoms with E-state index < -0.39 is 0 Å². The Kier molecular flexibility index (Phi) is 4.58. The van der Waals surface area contributed by atoms with Gasteiger partial charge in [0.1, 0.15) is 0 Å². The maximum atomic E-state index is 11.5. The van der Waals surface area contributed by atoms with E-state index >= 15 is 0 Å². The van der Waals surface area contributed by atoms with Gasteiger partial charge in [-0.2, -0.15) is 0 Å². The molecule has 15 heavy (non-hydrogen) atoms. The molecule has 0 aromatic heterocycles. The SMILES string of the molecule is CC1CCC(N(C)CC(=O)N(C)C)CC1. The van der Waals surface area contributed by atoms with Gasteiger partial charge < -0.3 is 4.90 Å². The maximum Gasteiger partial charge on any atom is 0.236 e. The highest BCUT2D eigenvalue weighted by Crippen LogP contribution is 2.26. The first-order chi connectivity index (χ1) is 7.00. The van der Waals surface area contributed by atoms with Gasteiger partial charge in [0.15, 0.2) is 0 Å². The molecule has 0 aliphatic heterocycles. The molecule has 0 aromatic rings. The summed E-state index contributed by atoms with van der Waals surface area (Å²) in [5, 5.41) is 0. The molecule has 1 saturated carbocycles. The van der Waals surface area contributed by atoms with Gasteiger partial charge in [0.25, 0.3) is 0 Å². The van der Waals surface area contributed by atoms with Crippen molar-refractivity contribution in [1.29, 1.82) is 0 Å². The smallest absolute Gasteiger partial charge is 0.236 e. The minimum atomic E-state index is 0.205. The molecule has 3 heteroatoms. The van der Waals surface area contributed by atoms with Crippen LogP contribution in [0.2, 0.25) is 0 Å². The third-order valence-corrected chi connectivity index (χ3v) is 3.49. The molecule has 1 aliphatic carbocycles. The lowest BCUT2D eigenvalue weighted by molar-refractivity contribution is -0.130. The van der Waals surface area contributed by atoms with Crippen LogP contribution in [-0.2, 0) is 4.79 Å². The van der Waals surface area contributed by atoms with Crippen LogP contribution in [0.5, 0.6) is 0 Å². The second-order valence-electron chi connectivity index (χ2n) is 5.12. The molecule has 0 atom stereocenters. The van der Waals surface area contributed by atoms with Crippen LogP contribution in [0.15, 0.2) is 0 Å². The van der Waals surface area contributed by atoms with Crippen LogP contribution in [0.3, 0.4) is 0 Å². The Morgan fingerprint density at radius 3 is 2.13 bits per heavy atom. The second kappa shape index (κ2) is 5.50. The number of carbonyl (C=O) groups is 1. The quantitative estimate of drug-likeness (QED) is 0.709. The molecule has 0 N–H and O–H groups in total. The van der Waals surface area contributed by atoms with Gasteiger partial charge >= 0.3 is 0 Å². The summed E-state index contributed by atoms with van der Waals surface area (Å²) in [7, 11) is 5.71. The summed E-state index contributed by atoms with van der Waals surface area (Å²) in [6, 6.07) is 0.616. The van der Waals surface area contributed by atoms with E-state index in [9.17, 15) is 4.79 Å². The standard InChI is InChI=1S/C12H24N2O/c1-10-5-7-11(8-6-10)14(4)9-12(15)13(2)3/h10-11H,5-9H2,1-4H3. The maximum absolute atomic E-state index is 11.5. The lowest BCUT2D eigenvalue weighted by Gasteiger charge is -2.33. The van der Waals surface area contributed by atoms with Crippen LogP contribution in [0.4, 0.5) is 0 Å². The van der Waals surface area contributed by atoms with Gasteiger partial charge in [0.2, 0.25) is 5.91 Å². The molecule has 1 fully saturated rings. The van der Waals surface area contributed by atoms with E-state index in [4.69, 9.17) is 0 Å². The third-order valence-electron chi connectivity index (χ3n) is 3.49. The lowest BCUT2D eigenvalue weighted by Crippen LogP contribution is -2.41.